The van der Waals surface area contributed by atoms with Gasteiger partial charge in [0.15, 0.2) is 0 Å². The van der Waals surface area contributed by atoms with Gasteiger partial charge in [-0.25, -0.2) is 8.42 Å². The molecule has 1 atom stereocenters. The minimum Gasteiger partial charge on any atom is -0.480 e. The number of sulfonamides is 1. The predicted octanol–water partition coefficient (Wildman–Crippen LogP) is 2.66. The van der Waals surface area contributed by atoms with Crippen LogP contribution in [0.1, 0.15) is 18.9 Å². The van der Waals surface area contributed by atoms with Crippen molar-refractivity contribution in [1.82, 2.24) is 4.72 Å². The molecular formula is C11H13Br2NO4S. The average Bonchev–Trinajstić information content (AvgIpc) is 2.30. The molecule has 2 N–H and O–H groups in total. The largest absolute Gasteiger partial charge is 0.480 e. The highest BCUT2D eigenvalue weighted by atomic mass is 79.9. The Hall–Kier alpha value is -0.440. The zero-order valence-electron chi connectivity index (χ0n) is 10.3. The van der Waals surface area contributed by atoms with Crippen molar-refractivity contribution >= 4 is 47.9 Å². The fourth-order valence-corrected chi connectivity index (χ4v) is 4.34. The van der Waals surface area contributed by atoms with E-state index in [-0.39, 0.29) is 11.3 Å². The van der Waals surface area contributed by atoms with Crippen molar-refractivity contribution in [3.05, 3.63) is 26.6 Å². The number of carboxylic acids is 1. The van der Waals surface area contributed by atoms with Crippen LogP contribution in [0, 0.1) is 6.92 Å². The fraction of sp³-hybridized carbons (Fsp3) is 0.364. The monoisotopic (exact) mass is 413 g/mol. The first kappa shape index (κ1) is 16.6. The lowest BCUT2D eigenvalue weighted by Gasteiger charge is -2.14. The molecule has 1 aromatic carbocycles. The zero-order chi connectivity index (χ0) is 14.8. The Kier molecular flexibility index (Phi) is 5.54. The Morgan fingerprint density at radius 3 is 2.42 bits per heavy atom. The van der Waals surface area contributed by atoms with E-state index < -0.39 is 22.0 Å². The summed E-state index contributed by atoms with van der Waals surface area (Å²) in [5.74, 6) is -1.20. The number of aliphatic carboxylic acids is 1. The molecule has 0 aliphatic carbocycles. The van der Waals surface area contributed by atoms with Crippen LogP contribution in [0.4, 0.5) is 0 Å². The molecule has 0 bridgehead atoms. The zero-order valence-corrected chi connectivity index (χ0v) is 14.3. The van der Waals surface area contributed by atoms with Gasteiger partial charge in [0.25, 0.3) is 0 Å². The average molecular weight is 415 g/mol. The van der Waals surface area contributed by atoms with Crippen LogP contribution >= 0.6 is 31.9 Å². The first-order valence-electron chi connectivity index (χ1n) is 5.39. The topological polar surface area (TPSA) is 83.5 Å². The van der Waals surface area contributed by atoms with Crippen LogP contribution < -0.4 is 4.72 Å². The molecular weight excluding hydrogens is 402 g/mol. The maximum atomic E-state index is 12.2. The Morgan fingerprint density at radius 2 is 1.95 bits per heavy atom. The molecule has 1 aromatic rings. The first-order valence-corrected chi connectivity index (χ1v) is 8.46. The number of halogens is 2. The van der Waals surface area contributed by atoms with Gasteiger partial charge in [-0.1, -0.05) is 22.9 Å². The van der Waals surface area contributed by atoms with E-state index in [9.17, 15) is 13.2 Å². The van der Waals surface area contributed by atoms with Gasteiger partial charge in [-0.15, -0.1) is 0 Å². The van der Waals surface area contributed by atoms with Crippen LogP contribution in [0.25, 0.3) is 0 Å². The number of aryl methyl sites for hydroxylation is 1. The smallest absolute Gasteiger partial charge is 0.321 e. The van der Waals surface area contributed by atoms with E-state index in [1.54, 1.807) is 13.0 Å². The van der Waals surface area contributed by atoms with Crippen molar-refractivity contribution in [2.45, 2.75) is 31.2 Å². The van der Waals surface area contributed by atoms with Gasteiger partial charge < -0.3 is 5.11 Å². The number of benzene rings is 1. The quantitative estimate of drug-likeness (QED) is 0.775. The lowest BCUT2D eigenvalue weighted by Crippen LogP contribution is -2.40. The maximum Gasteiger partial charge on any atom is 0.321 e. The van der Waals surface area contributed by atoms with Crippen molar-refractivity contribution in [1.29, 1.82) is 0 Å². The van der Waals surface area contributed by atoms with Gasteiger partial charge in [0.2, 0.25) is 10.0 Å². The van der Waals surface area contributed by atoms with Crippen LogP contribution in [-0.4, -0.2) is 25.5 Å². The SMILES string of the molecule is CCC(NS(=O)(=O)c1cc(Br)c(C)cc1Br)C(=O)O. The summed E-state index contributed by atoms with van der Waals surface area (Å²) in [5, 5.41) is 8.90. The molecule has 0 saturated heterocycles. The Morgan fingerprint density at radius 1 is 1.37 bits per heavy atom. The molecule has 1 unspecified atom stereocenters. The van der Waals surface area contributed by atoms with E-state index in [1.807, 2.05) is 6.92 Å². The van der Waals surface area contributed by atoms with Crippen molar-refractivity contribution in [3.63, 3.8) is 0 Å². The Labute approximate surface area is 128 Å². The third-order valence-corrected chi connectivity index (χ3v) is 5.79. The molecule has 0 spiro atoms. The van der Waals surface area contributed by atoms with Crippen LogP contribution in [0.2, 0.25) is 0 Å². The highest BCUT2D eigenvalue weighted by Crippen LogP contribution is 2.28. The molecule has 0 aromatic heterocycles. The Balaban J connectivity index is 3.21. The number of hydrogen-bond donors (Lipinski definition) is 2. The molecule has 0 amide bonds. The molecule has 19 heavy (non-hydrogen) atoms. The molecule has 0 saturated carbocycles. The molecule has 5 nitrogen and oxygen atoms in total. The van der Waals surface area contributed by atoms with Gasteiger partial charge in [-0.2, -0.15) is 4.72 Å². The summed E-state index contributed by atoms with van der Waals surface area (Å²) in [7, 11) is -3.89. The molecule has 0 aliphatic heterocycles. The molecule has 0 heterocycles. The summed E-state index contributed by atoms with van der Waals surface area (Å²) in [5.41, 5.74) is 0.871. The van der Waals surface area contributed by atoms with Gasteiger partial charge >= 0.3 is 5.97 Å². The third kappa shape index (κ3) is 4.01. The summed E-state index contributed by atoms with van der Waals surface area (Å²) in [4.78, 5) is 10.9. The standard InChI is InChI=1S/C11H13Br2NO4S/c1-3-9(11(15)16)14-19(17,18)10-5-7(12)6(2)4-8(10)13/h4-5,9,14H,3H2,1-2H3,(H,15,16). The number of carbonyl (C=O) groups is 1. The summed E-state index contributed by atoms with van der Waals surface area (Å²) < 4.78 is 27.5. The van der Waals surface area contributed by atoms with Crippen molar-refractivity contribution < 1.29 is 18.3 Å². The van der Waals surface area contributed by atoms with Gasteiger partial charge in [0.05, 0.1) is 4.90 Å². The molecule has 1 rings (SSSR count). The molecule has 106 valence electrons. The van der Waals surface area contributed by atoms with E-state index in [0.29, 0.717) is 8.95 Å². The van der Waals surface area contributed by atoms with Crippen molar-refractivity contribution in [2.24, 2.45) is 0 Å². The van der Waals surface area contributed by atoms with Gasteiger partial charge in [0, 0.05) is 8.95 Å². The molecule has 0 radical (unpaired) electrons. The van der Waals surface area contributed by atoms with Crippen molar-refractivity contribution in [2.75, 3.05) is 0 Å². The molecule has 0 fully saturated rings. The van der Waals surface area contributed by atoms with E-state index in [1.165, 1.54) is 6.07 Å². The summed E-state index contributed by atoms with van der Waals surface area (Å²) in [6.07, 6.45) is 0.166. The van der Waals surface area contributed by atoms with Crippen LogP contribution in [0.3, 0.4) is 0 Å². The third-order valence-electron chi connectivity index (χ3n) is 2.51. The summed E-state index contributed by atoms with van der Waals surface area (Å²) >= 11 is 6.43. The lowest BCUT2D eigenvalue weighted by molar-refractivity contribution is -0.139. The summed E-state index contributed by atoms with van der Waals surface area (Å²) in [6, 6.07) is 1.95. The van der Waals surface area contributed by atoms with E-state index in [4.69, 9.17) is 5.11 Å². The van der Waals surface area contributed by atoms with Crippen molar-refractivity contribution in [3.8, 4) is 0 Å². The molecule has 0 aliphatic rings. The second-order valence-electron chi connectivity index (χ2n) is 3.95. The fourth-order valence-electron chi connectivity index (χ4n) is 1.39. The number of carboxylic acid groups (broad SMARTS) is 1. The highest BCUT2D eigenvalue weighted by molar-refractivity contribution is 9.11. The van der Waals surface area contributed by atoms with Gasteiger partial charge in [0.1, 0.15) is 6.04 Å². The predicted molar refractivity (Wildman–Crippen MR) is 78.6 cm³/mol. The van der Waals surface area contributed by atoms with E-state index in [0.717, 1.165) is 5.56 Å². The minimum atomic E-state index is -3.89. The van der Waals surface area contributed by atoms with Gasteiger partial charge in [-0.3, -0.25) is 4.79 Å². The second kappa shape index (κ2) is 6.34. The molecule has 8 heteroatoms. The van der Waals surface area contributed by atoms with Gasteiger partial charge in [-0.05, 0) is 47.0 Å². The van der Waals surface area contributed by atoms with Crippen LogP contribution in [0.15, 0.2) is 26.0 Å². The number of hydrogen-bond acceptors (Lipinski definition) is 3. The number of nitrogens with one attached hydrogen (secondary N) is 1. The minimum absolute atomic E-state index is 0.00433. The van der Waals surface area contributed by atoms with E-state index >= 15 is 0 Å². The van der Waals surface area contributed by atoms with E-state index in [2.05, 4.69) is 36.6 Å². The maximum absolute atomic E-state index is 12.2. The second-order valence-corrected chi connectivity index (χ2v) is 7.34. The lowest BCUT2D eigenvalue weighted by atomic mass is 10.2. The first-order chi connectivity index (χ1) is 8.69. The normalized spacial score (nSPS) is 13.3. The number of rotatable bonds is 5. The summed E-state index contributed by atoms with van der Waals surface area (Å²) in [6.45, 7) is 3.42. The van der Waals surface area contributed by atoms with Crippen LogP contribution in [-0.2, 0) is 14.8 Å². The van der Waals surface area contributed by atoms with Crippen LogP contribution in [0.5, 0.6) is 0 Å². The highest BCUT2D eigenvalue weighted by Gasteiger charge is 2.26. The Bertz CT molecular complexity index is 601.